The lowest BCUT2D eigenvalue weighted by molar-refractivity contribution is 0.405. The molecule has 1 nitrogen and oxygen atoms in total. The Balaban J connectivity index is 2.12. The summed E-state index contributed by atoms with van der Waals surface area (Å²) in [6, 6.07) is 8.58. The Morgan fingerprint density at radius 2 is 1.94 bits per heavy atom. The molecule has 0 amide bonds. The Morgan fingerprint density at radius 1 is 1.19 bits per heavy atom. The van der Waals surface area contributed by atoms with Crippen LogP contribution in [-0.4, -0.2) is 11.4 Å². The van der Waals surface area contributed by atoms with Crippen LogP contribution in [0.5, 0.6) is 0 Å². The zero-order valence-corrected chi connectivity index (χ0v) is 14.9. The molecular weight excluding hydrogens is 539 g/mol. The molecule has 1 heterocycles. The molecule has 1 aromatic rings. The van der Waals surface area contributed by atoms with Crippen molar-refractivity contribution in [3.63, 3.8) is 0 Å². The zero-order chi connectivity index (χ0) is 11.5. The fourth-order valence-electron chi connectivity index (χ4n) is 1.64. The first-order valence-corrected chi connectivity index (χ1v) is 8.10. The van der Waals surface area contributed by atoms with Gasteiger partial charge in [0.05, 0.1) is 8.13 Å². The highest BCUT2D eigenvalue weighted by Gasteiger charge is 2.11. The third kappa shape index (κ3) is 3.34. The third-order valence-corrected chi connectivity index (χ3v) is 6.69. The highest BCUT2D eigenvalue weighted by Crippen LogP contribution is 2.28. The van der Waals surface area contributed by atoms with Crippen LogP contribution in [0.4, 0.5) is 0 Å². The molecule has 0 N–H and O–H groups in total. The van der Waals surface area contributed by atoms with Gasteiger partial charge in [0.2, 0.25) is 0 Å². The normalized spacial score (nSPS) is 13.6. The SMILES string of the molecule is IC(I)=C(I)CN1C=Cc2ccccc2C1. The summed E-state index contributed by atoms with van der Waals surface area (Å²) in [5.41, 5.74) is 2.76. The first-order chi connectivity index (χ1) is 7.66. The molecule has 0 fully saturated rings. The van der Waals surface area contributed by atoms with Gasteiger partial charge in [-0.25, -0.2) is 0 Å². The Bertz CT molecular complexity index is 447. The van der Waals surface area contributed by atoms with Gasteiger partial charge in [-0.3, -0.25) is 0 Å². The maximum Gasteiger partial charge on any atom is 0.0624 e. The van der Waals surface area contributed by atoms with Crippen LogP contribution < -0.4 is 0 Å². The van der Waals surface area contributed by atoms with Gasteiger partial charge < -0.3 is 4.90 Å². The standard InChI is InChI=1S/C12H10I3N/c13-11(12(14)15)8-16-6-5-9-3-1-2-4-10(9)7-16/h1-6H,7-8H2. The van der Waals surface area contributed by atoms with E-state index in [-0.39, 0.29) is 0 Å². The Hall–Kier alpha value is 0.690. The topological polar surface area (TPSA) is 3.24 Å². The van der Waals surface area contributed by atoms with Gasteiger partial charge >= 0.3 is 0 Å². The van der Waals surface area contributed by atoms with Crippen molar-refractivity contribution in [3.8, 4) is 0 Å². The minimum atomic E-state index is 1.01. The second-order valence-corrected chi connectivity index (χ2v) is 9.11. The fourth-order valence-corrected chi connectivity index (χ4v) is 2.42. The lowest BCUT2D eigenvalue weighted by atomic mass is 10.0. The molecule has 2 rings (SSSR count). The van der Waals surface area contributed by atoms with Crippen LogP contribution in [0.2, 0.25) is 0 Å². The molecule has 16 heavy (non-hydrogen) atoms. The van der Waals surface area contributed by atoms with Crippen LogP contribution in [0.15, 0.2) is 35.6 Å². The average Bonchev–Trinajstić information content (AvgIpc) is 2.28. The van der Waals surface area contributed by atoms with Crippen molar-refractivity contribution in [3.05, 3.63) is 46.8 Å². The lowest BCUT2D eigenvalue weighted by Crippen LogP contribution is -2.21. The van der Waals surface area contributed by atoms with Gasteiger partial charge in [0, 0.05) is 16.3 Å². The molecule has 84 valence electrons. The van der Waals surface area contributed by atoms with Gasteiger partial charge in [-0.15, -0.1) is 0 Å². The van der Waals surface area contributed by atoms with Crippen molar-refractivity contribution in [2.45, 2.75) is 6.54 Å². The predicted molar refractivity (Wildman–Crippen MR) is 95.0 cm³/mol. The number of nitrogens with zero attached hydrogens (tertiary/aromatic N) is 1. The van der Waals surface area contributed by atoms with Crippen molar-refractivity contribution in [2.24, 2.45) is 0 Å². The van der Waals surface area contributed by atoms with Crippen LogP contribution in [0.25, 0.3) is 6.08 Å². The molecule has 0 aromatic heterocycles. The molecule has 0 unspecified atom stereocenters. The summed E-state index contributed by atoms with van der Waals surface area (Å²) in [6.07, 6.45) is 4.39. The molecule has 0 atom stereocenters. The smallest absolute Gasteiger partial charge is 0.0624 e. The molecule has 1 aliphatic heterocycles. The summed E-state index contributed by atoms with van der Waals surface area (Å²) in [4.78, 5) is 2.35. The summed E-state index contributed by atoms with van der Waals surface area (Å²) < 4.78 is 2.76. The molecule has 0 bridgehead atoms. The van der Waals surface area contributed by atoms with E-state index in [1.165, 1.54) is 16.3 Å². The van der Waals surface area contributed by atoms with E-state index in [0.29, 0.717) is 0 Å². The third-order valence-electron chi connectivity index (χ3n) is 2.44. The number of halogens is 3. The minimum Gasteiger partial charge on any atom is -0.368 e. The Kier molecular flexibility index (Phi) is 4.95. The summed E-state index contributed by atoms with van der Waals surface area (Å²) in [7, 11) is 0. The maximum absolute atomic E-state index is 2.42. The molecule has 0 aliphatic carbocycles. The van der Waals surface area contributed by atoms with E-state index >= 15 is 0 Å². The van der Waals surface area contributed by atoms with Gasteiger partial charge in [0.15, 0.2) is 0 Å². The fraction of sp³-hybridized carbons (Fsp3) is 0.167. The highest BCUT2D eigenvalue weighted by atomic mass is 127. The minimum absolute atomic E-state index is 1.01. The molecule has 0 radical (unpaired) electrons. The molecular formula is C12H10I3N. The largest absolute Gasteiger partial charge is 0.368 e. The second-order valence-electron chi connectivity index (χ2n) is 3.58. The van der Waals surface area contributed by atoms with Gasteiger partial charge in [0.25, 0.3) is 0 Å². The van der Waals surface area contributed by atoms with E-state index in [2.05, 4.69) is 109 Å². The van der Waals surface area contributed by atoms with Crippen molar-refractivity contribution in [1.29, 1.82) is 0 Å². The number of hydrogen-bond donors (Lipinski definition) is 0. The van der Waals surface area contributed by atoms with Crippen molar-refractivity contribution in [2.75, 3.05) is 6.54 Å². The quantitative estimate of drug-likeness (QED) is 0.473. The second kappa shape index (κ2) is 6.03. The van der Waals surface area contributed by atoms with Crippen molar-refractivity contribution in [1.82, 2.24) is 4.90 Å². The predicted octanol–water partition coefficient (Wildman–Crippen LogP) is 4.95. The van der Waals surface area contributed by atoms with Crippen molar-refractivity contribution >= 4 is 73.8 Å². The number of rotatable bonds is 2. The van der Waals surface area contributed by atoms with Crippen molar-refractivity contribution < 1.29 is 0 Å². The Morgan fingerprint density at radius 3 is 2.69 bits per heavy atom. The van der Waals surface area contributed by atoms with Crippen LogP contribution in [0.3, 0.4) is 0 Å². The first kappa shape index (κ1) is 13.1. The Labute approximate surface area is 137 Å². The van der Waals surface area contributed by atoms with E-state index in [4.69, 9.17) is 0 Å². The van der Waals surface area contributed by atoms with E-state index < -0.39 is 0 Å². The van der Waals surface area contributed by atoms with Crippen LogP contribution in [0.1, 0.15) is 11.1 Å². The van der Waals surface area contributed by atoms with E-state index in [1.807, 2.05) is 0 Å². The number of benzene rings is 1. The van der Waals surface area contributed by atoms with Gasteiger partial charge in [-0.05, 0) is 85.0 Å². The van der Waals surface area contributed by atoms with E-state index in [1.54, 1.807) is 0 Å². The van der Waals surface area contributed by atoms with E-state index in [9.17, 15) is 0 Å². The molecule has 0 saturated heterocycles. The molecule has 0 saturated carbocycles. The summed E-state index contributed by atoms with van der Waals surface area (Å²) in [5.74, 6) is 0. The van der Waals surface area contributed by atoms with Gasteiger partial charge in [-0.2, -0.15) is 0 Å². The lowest BCUT2D eigenvalue weighted by Gasteiger charge is -2.25. The highest BCUT2D eigenvalue weighted by molar-refractivity contribution is 14.2. The van der Waals surface area contributed by atoms with Crippen LogP contribution in [-0.2, 0) is 6.54 Å². The molecule has 1 aliphatic rings. The summed E-state index contributed by atoms with van der Waals surface area (Å²) in [5, 5.41) is 0. The summed E-state index contributed by atoms with van der Waals surface area (Å²) >= 11 is 7.17. The molecule has 4 heteroatoms. The first-order valence-electron chi connectivity index (χ1n) is 4.86. The number of fused-ring (bicyclic) bond motifs is 1. The average molecular weight is 549 g/mol. The number of hydrogen-bond acceptors (Lipinski definition) is 1. The zero-order valence-electron chi connectivity index (χ0n) is 8.46. The molecule has 1 aromatic carbocycles. The molecule has 0 spiro atoms. The maximum atomic E-state index is 2.42. The monoisotopic (exact) mass is 549 g/mol. The van der Waals surface area contributed by atoms with Gasteiger partial charge in [-0.1, -0.05) is 24.3 Å². The summed E-state index contributed by atoms with van der Waals surface area (Å²) in [6.45, 7) is 2.02. The van der Waals surface area contributed by atoms with E-state index in [0.717, 1.165) is 13.1 Å². The van der Waals surface area contributed by atoms with Crippen LogP contribution in [0, 0.1) is 0 Å². The van der Waals surface area contributed by atoms with Gasteiger partial charge in [0.1, 0.15) is 0 Å². The van der Waals surface area contributed by atoms with Crippen LogP contribution >= 0.6 is 67.8 Å².